The van der Waals surface area contributed by atoms with Gasteiger partial charge in [0, 0.05) is 45.5 Å². The summed E-state index contributed by atoms with van der Waals surface area (Å²) in [5, 5.41) is 0. The maximum Gasteiger partial charge on any atom is 0.267 e. The Kier molecular flexibility index (Phi) is 7.57. The van der Waals surface area contributed by atoms with Gasteiger partial charge < -0.3 is 4.90 Å². The zero-order chi connectivity index (χ0) is 21.5. The predicted molar refractivity (Wildman–Crippen MR) is 134 cm³/mol. The molecule has 31 heavy (non-hydrogen) atoms. The third-order valence-electron chi connectivity index (χ3n) is 5.52. The molecule has 6 heteroatoms. The van der Waals surface area contributed by atoms with Gasteiger partial charge in [-0.25, -0.2) is 0 Å². The van der Waals surface area contributed by atoms with E-state index in [4.69, 9.17) is 12.2 Å². The summed E-state index contributed by atoms with van der Waals surface area (Å²) in [6.07, 6.45) is 7.23. The van der Waals surface area contributed by atoms with Crippen molar-refractivity contribution in [3.05, 3.63) is 89.0 Å². The second-order valence-corrected chi connectivity index (χ2v) is 9.38. The Hall–Kier alpha value is -2.41. The summed E-state index contributed by atoms with van der Waals surface area (Å²) in [7, 11) is 0. The molecule has 2 saturated heterocycles. The number of rotatable bonds is 7. The van der Waals surface area contributed by atoms with E-state index < -0.39 is 0 Å². The molecule has 2 aromatic rings. The first kappa shape index (κ1) is 21.8. The lowest BCUT2D eigenvalue weighted by molar-refractivity contribution is -0.122. The number of hydrogen-bond donors (Lipinski definition) is 0. The summed E-state index contributed by atoms with van der Waals surface area (Å²) in [5.74, 6) is 0.0409. The van der Waals surface area contributed by atoms with Gasteiger partial charge in [0.25, 0.3) is 5.91 Å². The van der Waals surface area contributed by atoms with Crippen LogP contribution in [-0.4, -0.2) is 64.2 Å². The maximum atomic E-state index is 12.9. The second kappa shape index (κ2) is 10.8. The van der Waals surface area contributed by atoms with Crippen LogP contribution in [0.15, 0.2) is 77.8 Å². The minimum atomic E-state index is 0.0409. The zero-order valence-corrected chi connectivity index (χ0v) is 19.2. The molecule has 160 valence electrons. The Balaban J connectivity index is 1.25. The molecular formula is C25H27N3OS2. The van der Waals surface area contributed by atoms with E-state index in [0.717, 1.165) is 44.0 Å². The Labute approximate surface area is 194 Å². The highest BCUT2D eigenvalue weighted by Crippen LogP contribution is 2.31. The molecule has 2 heterocycles. The number of carbonyl (C=O) groups excluding carboxylic acids is 1. The molecule has 0 bridgehead atoms. The molecule has 0 radical (unpaired) electrons. The van der Waals surface area contributed by atoms with Gasteiger partial charge in [0.15, 0.2) is 0 Å². The fourth-order valence-corrected chi connectivity index (χ4v) is 5.03. The highest BCUT2D eigenvalue weighted by molar-refractivity contribution is 8.26. The fourth-order valence-electron chi connectivity index (χ4n) is 3.71. The largest absolute Gasteiger partial charge is 0.374 e. The number of amides is 1. The topological polar surface area (TPSA) is 26.8 Å². The van der Waals surface area contributed by atoms with E-state index >= 15 is 0 Å². The molecule has 2 aromatic carbocycles. The van der Waals surface area contributed by atoms with Gasteiger partial charge in [-0.3, -0.25) is 14.6 Å². The first-order valence-corrected chi connectivity index (χ1v) is 11.9. The van der Waals surface area contributed by atoms with Crippen molar-refractivity contribution in [2.75, 3.05) is 39.3 Å². The maximum absolute atomic E-state index is 12.9. The minimum absolute atomic E-state index is 0.0409. The molecule has 4 rings (SSSR count). The van der Waals surface area contributed by atoms with Gasteiger partial charge in [-0.15, -0.1) is 0 Å². The van der Waals surface area contributed by atoms with Crippen molar-refractivity contribution in [2.45, 2.75) is 6.42 Å². The lowest BCUT2D eigenvalue weighted by Crippen LogP contribution is -2.44. The Bertz CT molecular complexity index is 951. The van der Waals surface area contributed by atoms with Gasteiger partial charge in [0.2, 0.25) is 0 Å². The van der Waals surface area contributed by atoms with E-state index in [-0.39, 0.29) is 5.91 Å². The van der Waals surface area contributed by atoms with Gasteiger partial charge >= 0.3 is 0 Å². The summed E-state index contributed by atoms with van der Waals surface area (Å²) < 4.78 is 0.664. The van der Waals surface area contributed by atoms with Crippen molar-refractivity contribution in [1.29, 1.82) is 0 Å². The first-order chi connectivity index (χ1) is 15.2. The molecule has 0 aliphatic carbocycles. The lowest BCUT2D eigenvalue weighted by atomic mass is 10.1. The molecule has 0 atom stereocenters. The second-order valence-electron chi connectivity index (χ2n) is 7.70. The number of carbonyl (C=O) groups is 1. The van der Waals surface area contributed by atoms with Crippen molar-refractivity contribution in [1.82, 2.24) is 14.7 Å². The highest BCUT2D eigenvalue weighted by atomic mass is 32.2. The average molecular weight is 450 g/mol. The van der Waals surface area contributed by atoms with Crippen molar-refractivity contribution in [3.8, 4) is 0 Å². The summed E-state index contributed by atoms with van der Waals surface area (Å²) in [5.41, 5.74) is 2.45. The van der Waals surface area contributed by atoms with E-state index in [9.17, 15) is 4.79 Å². The third kappa shape index (κ3) is 6.06. The number of benzene rings is 2. The normalized spacial score (nSPS) is 19.2. The molecular weight excluding hydrogens is 422 g/mol. The number of thiocarbonyl (C=S) groups is 1. The molecule has 1 amide bonds. The monoisotopic (exact) mass is 449 g/mol. The van der Waals surface area contributed by atoms with Crippen LogP contribution in [0.5, 0.6) is 0 Å². The van der Waals surface area contributed by atoms with Crippen LogP contribution in [0, 0.1) is 0 Å². The van der Waals surface area contributed by atoms with E-state index in [2.05, 4.69) is 58.4 Å². The van der Waals surface area contributed by atoms with E-state index in [1.165, 1.54) is 22.9 Å². The summed E-state index contributed by atoms with van der Waals surface area (Å²) >= 11 is 6.90. The molecule has 4 nitrogen and oxygen atoms in total. The number of hydrogen-bond acceptors (Lipinski definition) is 5. The summed E-state index contributed by atoms with van der Waals surface area (Å²) in [6, 6.07) is 20.6. The van der Waals surface area contributed by atoms with Gasteiger partial charge in [-0.2, -0.15) is 0 Å². The van der Waals surface area contributed by atoms with Crippen LogP contribution >= 0.6 is 24.0 Å². The third-order valence-corrected chi connectivity index (χ3v) is 6.89. The van der Waals surface area contributed by atoms with Crippen molar-refractivity contribution >= 4 is 40.3 Å². The predicted octanol–water partition coefficient (Wildman–Crippen LogP) is 4.26. The van der Waals surface area contributed by atoms with Crippen LogP contribution in [0.2, 0.25) is 0 Å². The van der Waals surface area contributed by atoms with Crippen LogP contribution in [0.25, 0.3) is 6.08 Å². The smallest absolute Gasteiger partial charge is 0.267 e. The molecule has 0 aromatic heterocycles. The van der Waals surface area contributed by atoms with Crippen molar-refractivity contribution < 1.29 is 4.79 Å². The quantitative estimate of drug-likeness (QED) is 0.465. The van der Waals surface area contributed by atoms with E-state index in [1.807, 2.05) is 30.5 Å². The Morgan fingerprint density at radius 3 is 2.32 bits per heavy atom. The van der Waals surface area contributed by atoms with Crippen molar-refractivity contribution in [3.63, 3.8) is 0 Å². The standard InChI is InChI=1S/C25H27N3OS2/c29-24-23(31-25(30)28(24)15-13-22-10-5-2-6-11-22)20-27-18-16-26(17-19-27)14-7-12-21-8-3-1-4-9-21/h1-12,20H,13-19H2. The van der Waals surface area contributed by atoms with E-state index in [0.29, 0.717) is 10.9 Å². The summed E-state index contributed by atoms with van der Waals surface area (Å²) in [4.78, 5) is 20.0. The molecule has 2 fully saturated rings. The molecule has 0 unspecified atom stereocenters. The fraction of sp³-hybridized carbons (Fsp3) is 0.280. The highest BCUT2D eigenvalue weighted by Gasteiger charge is 2.32. The van der Waals surface area contributed by atoms with Crippen LogP contribution in [0.1, 0.15) is 11.1 Å². The Morgan fingerprint density at radius 2 is 1.61 bits per heavy atom. The van der Waals surface area contributed by atoms with Crippen molar-refractivity contribution in [2.24, 2.45) is 0 Å². The van der Waals surface area contributed by atoms with Crippen LogP contribution in [-0.2, 0) is 11.2 Å². The molecule has 2 aliphatic heterocycles. The van der Waals surface area contributed by atoms with Crippen LogP contribution in [0.4, 0.5) is 0 Å². The van der Waals surface area contributed by atoms with E-state index in [1.54, 1.807) is 4.90 Å². The zero-order valence-electron chi connectivity index (χ0n) is 17.5. The SMILES string of the molecule is O=C1C(=CN2CCN(CC=Cc3ccccc3)CC2)SC(=S)N1CCc1ccccc1. The lowest BCUT2D eigenvalue weighted by Gasteiger charge is -2.33. The Morgan fingerprint density at radius 1 is 0.935 bits per heavy atom. The van der Waals surface area contributed by atoms with Crippen LogP contribution in [0.3, 0.4) is 0 Å². The minimum Gasteiger partial charge on any atom is -0.374 e. The summed E-state index contributed by atoms with van der Waals surface area (Å²) in [6.45, 7) is 5.41. The van der Waals surface area contributed by atoms with Gasteiger partial charge in [-0.1, -0.05) is 96.8 Å². The number of nitrogens with zero attached hydrogens (tertiary/aromatic N) is 3. The van der Waals surface area contributed by atoms with Gasteiger partial charge in [0.1, 0.15) is 4.32 Å². The van der Waals surface area contributed by atoms with Gasteiger partial charge in [-0.05, 0) is 17.5 Å². The number of piperazine rings is 1. The first-order valence-electron chi connectivity index (χ1n) is 10.7. The number of thioether (sulfide) groups is 1. The van der Waals surface area contributed by atoms with Gasteiger partial charge in [0.05, 0.1) is 4.91 Å². The molecule has 2 aliphatic rings. The average Bonchev–Trinajstić information content (AvgIpc) is 3.07. The molecule has 0 spiro atoms. The molecule has 0 saturated carbocycles. The van der Waals surface area contributed by atoms with Crippen LogP contribution < -0.4 is 0 Å². The molecule has 0 N–H and O–H groups in total.